The van der Waals surface area contributed by atoms with Gasteiger partial charge in [-0.3, -0.25) is 0 Å². The Balaban J connectivity index is 2.97. The first-order valence-electron chi connectivity index (χ1n) is 1.58. The second-order valence-corrected chi connectivity index (χ2v) is 1.30. The van der Waals surface area contributed by atoms with E-state index in [1.807, 2.05) is 0 Å². The van der Waals surface area contributed by atoms with Gasteiger partial charge in [-0.25, -0.2) is 0 Å². The fourth-order valence-electron chi connectivity index (χ4n) is 0.111. The molecule has 0 saturated heterocycles. The average molecular weight is 116 g/mol. The van der Waals surface area contributed by atoms with Crippen LogP contribution >= 0.6 is 12.0 Å². The molecule has 0 rings (SSSR count). The van der Waals surface area contributed by atoms with Crippen molar-refractivity contribution in [3.05, 3.63) is 0 Å². The minimum absolute atomic E-state index is 0.383. The summed E-state index contributed by atoms with van der Waals surface area (Å²) in [4.78, 5) is 3.16. The lowest BCUT2D eigenvalue weighted by molar-refractivity contribution is 0.667. The maximum Gasteiger partial charge on any atom is 0.205 e. The average Bonchev–Trinajstić information content (AvgIpc) is 1.69. The van der Waals surface area contributed by atoms with Crippen LogP contribution in [0.2, 0.25) is 0 Å². The summed E-state index contributed by atoms with van der Waals surface area (Å²) in [7, 11) is 0. The van der Waals surface area contributed by atoms with E-state index in [0.717, 1.165) is 0 Å². The summed E-state index contributed by atoms with van der Waals surface area (Å²) in [5.41, 5.74) is 0. The van der Waals surface area contributed by atoms with Crippen LogP contribution in [0, 0.1) is 11.5 Å². The van der Waals surface area contributed by atoms with Crippen molar-refractivity contribution in [2.24, 2.45) is 4.99 Å². The first-order chi connectivity index (χ1) is 3.41. The molecule has 0 aliphatic heterocycles. The zero-order valence-electron chi connectivity index (χ0n) is 3.53. The Morgan fingerprint density at radius 2 is 2.71 bits per heavy atom. The lowest BCUT2D eigenvalue weighted by Crippen LogP contribution is -1.73. The van der Waals surface area contributed by atoms with Gasteiger partial charge in [0.15, 0.2) is 0 Å². The molecule has 0 amide bonds. The molecular weight excluding hydrogens is 112 g/mol. The van der Waals surface area contributed by atoms with Gasteiger partial charge in [-0.15, -0.1) is 0 Å². The van der Waals surface area contributed by atoms with E-state index < -0.39 is 0 Å². The van der Waals surface area contributed by atoms with E-state index in [2.05, 4.69) is 4.99 Å². The fraction of sp³-hybridized carbons (Fsp3) is 0.333. The lowest BCUT2D eigenvalue weighted by atomic mass is 10.9. The monoisotopic (exact) mass is 116 g/mol. The van der Waals surface area contributed by atoms with E-state index in [0.29, 0.717) is 17.8 Å². The van der Waals surface area contributed by atoms with Gasteiger partial charge in [0.25, 0.3) is 0 Å². The molecule has 0 spiro atoms. The molecule has 0 fully saturated rings. The van der Waals surface area contributed by atoms with Crippen LogP contribution < -0.4 is 0 Å². The number of aliphatic imine (C=N–C) groups is 1. The van der Waals surface area contributed by atoms with Crippen LogP contribution in [0.5, 0.6) is 0 Å². The van der Waals surface area contributed by atoms with Crippen LogP contribution in [-0.2, 0) is 0 Å². The van der Waals surface area contributed by atoms with E-state index in [-0.39, 0.29) is 0 Å². The summed E-state index contributed by atoms with van der Waals surface area (Å²) in [5.74, 6) is 0.383. The SMILES string of the molecule is N#CN=CCSO. The summed E-state index contributed by atoms with van der Waals surface area (Å²) in [6, 6.07) is 0. The van der Waals surface area contributed by atoms with Gasteiger partial charge in [-0.05, 0) is 12.0 Å². The molecule has 0 bridgehead atoms. The standard InChI is InChI=1S/C3H4N2OS/c4-3-5-1-2-7-6/h1,6H,2H2. The molecule has 38 valence electrons. The van der Waals surface area contributed by atoms with Crippen molar-refractivity contribution in [3.8, 4) is 6.19 Å². The number of rotatable bonds is 2. The highest BCUT2D eigenvalue weighted by Gasteiger charge is 1.70. The molecule has 0 saturated carbocycles. The van der Waals surface area contributed by atoms with Crippen LogP contribution in [0.1, 0.15) is 0 Å². The van der Waals surface area contributed by atoms with Gasteiger partial charge in [0, 0.05) is 6.21 Å². The van der Waals surface area contributed by atoms with E-state index in [1.54, 1.807) is 6.19 Å². The van der Waals surface area contributed by atoms with Crippen molar-refractivity contribution in [2.45, 2.75) is 0 Å². The molecule has 0 radical (unpaired) electrons. The quantitative estimate of drug-likeness (QED) is 0.329. The van der Waals surface area contributed by atoms with Gasteiger partial charge in [0.05, 0.1) is 5.75 Å². The first kappa shape index (κ1) is 6.47. The maximum absolute atomic E-state index is 8.01. The van der Waals surface area contributed by atoms with Gasteiger partial charge in [-0.2, -0.15) is 10.3 Å². The molecule has 0 unspecified atom stereocenters. The van der Waals surface area contributed by atoms with E-state index in [9.17, 15) is 0 Å². The van der Waals surface area contributed by atoms with Gasteiger partial charge < -0.3 is 4.55 Å². The van der Waals surface area contributed by atoms with Crippen molar-refractivity contribution in [1.82, 2.24) is 0 Å². The summed E-state index contributed by atoms with van der Waals surface area (Å²) < 4.78 is 8.01. The molecular formula is C3H4N2OS. The molecule has 3 nitrogen and oxygen atoms in total. The Morgan fingerprint density at radius 1 is 2.00 bits per heavy atom. The van der Waals surface area contributed by atoms with Crippen molar-refractivity contribution in [3.63, 3.8) is 0 Å². The number of hydrogen-bond acceptors (Lipinski definition) is 4. The number of hydrogen-bond donors (Lipinski definition) is 1. The van der Waals surface area contributed by atoms with Crippen molar-refractivity contribution >= 4 is 18.3 Å². The third-order valence-electron chi connectivity index (χ3n) is 0.298. The van der Waals surface area contributed by atoms with E-state index in [1.165, 1.54) is 6.21 Å². The van der Waals surface area contributed by atoms with E-state index in [4.69, 9.17) is 9.81 Å². The van der Waals surface area contributed by atoms with Gasteiger partial charge in [0.1, 0.15) is 0 Å². The molecule has 1 N–H and O–H groups in total. The minimum atomic E-state index is 0.383. The number of nitriles is 1. The van der Waals surface area contributed by atoms with Crippen LogP contribution in [0.15, 0.2) is 4.99 Å². The lowest BCUT2D eigenvalue weighted by Gasteiger charge is -1.73. The summed E-state index contributed by atoms with van der Waals surface area (Å²) in [6.45, 7) is 0. The topological polar surface area (TPSA) is 56.4 Å². The third kappa shape index (κ3) is 5.47. The Morgan fingerprint density at radius 3 is 3.14 bits per heavy atom. The van der Waals surface area contributed by atoms with Gasteiger partial charge in [-0.1, -0.05) is 0 Å². The zero-order valence-corrected chi connectivity index (χ0v) is 4.35. The highest BCUT2D eigenvalue weighted by atomic mass is 32.2. The van der Waals surface area contributed by atoms with Gasteiger partial charge in [0.2, 0.25) is 6.19 Å². The first-order valence-corrected chi connectivity index (χ1v) is 2.53. The highest BCUT2D eigenvalue weighted by Crippen LogP contribution is 1.83. The Hall–Kier alpha value is -0.530. The zero-order chi connectivity index (χ0) is 5.54. The maximum atomic E-state index is 8.01. The van der Waals surface area contributed by atoms with E-state index >= 15 is 0 Å². The Labute approximate surface area is 45.9 Å². The third-order valence-corrected chi connectivity index (χ3v) is 0.596. The van der Waals surface area contributed by atoms with Crippen molar-refractivity contribution < 1.29 is 4.55 Å². The summed E-state index contributed by atoms with van der Waals surface area (Å²) in [6.07, 6.45) is 2.89. The second-order valence-electron chi connectivity index (χ2n) is 0.707. The largest absolute Gasteiger partial charge is 0.330 e. The molecule has 0 aliphatic rings. The molecule has 7 heavy (non-hydrogen) atoms. The molecule has 4 heteroatoms. The summed E-state index contributed by atoms with van der Waals surface area (Å²) in [5, 5.41) is 7.75. The molecule has 0 heterocycles. The smallest absolute Gasteiger partial charge is 0.205 e. The van der Waals surface area contributed by atoms with Crippen molar-refractivity contribution in [1.29, 1.82) is 5.26 Å². The molecule has 0 aromatic carbocycles. The molecule has 0 aromatic rings. The number of nitrogens with zero attached hydrogens (tertiary/aromatic N) is 2. The summed E-state index contributed by atoms with van der Waals surface area (Å²) >= 11 is 0.641. The van der Waals surface area contributed by atoms with Crippen molar-refractivity contribution in [2.75, 3.05) is 5.75 Å². The normalized spacial score (nSPS) is 9.14. The van der Waals surface area contributed by atoms with Gasteiger partial charge >= 0.3 is 0 Å². The highest BCUT2D eigenvalue weighted by molar-refractivity contribution is 7.94. The van der Waals surface area contributed by atoms with Crippen LogP contribution in [0.3, 0.4) is 0 Å². The predicted octanol–water partition coefficient (Wildman–Crippen LogP) is 0.744. The second kappa shape index (κ2) is 5.47. The predicted molar refractivity (Wildman–Crippen MR) is 29.2 cm³/mol. The minimum Gasteiger partial charge on any atom is -0.330 e. The molecule has 0 atom stereocenters. The Bertz CT molecular complexity index is 95.6. The van der Waals surface area contributed by atoms with Crippen LogP contribution in [0.4, 0.5) is 0 Å². The Kier molecular flexibility index (Phi) is 5.06. The molecule has 0 aromatic heterocycles. The van der Waals surface area contributed by atoms with Crippen LogP contribution in [0.25, 0.3) is 0 Å². The molecule has 0 aliphatic carbocycles. The fourth-order valence-corrected chi connectivity index (χ4v) is 0.253. The van der Waals surface area contributed by atoms with Crippen LogP contribution in [-0.4, -0.2) is 16.5 Å².